The molecule has 7 heteroatoms. The second kappa shape index (κ2) is 15.9. The van der Waals surface area contributed by atoms with Gasteiger partial charge in [-0.1, -0.05) is 121 Å². The molecule has 42 heavy (non-hydrogen) atoms. The lowest BCUT2D eigenvalue weighted by atomic mass is 9.98. The second-order valence-electron chi connectivity index (χ2n) is 10.3. The lowest BCUT2D eigenvalue weighted by molar-refractivity contribution is -0.255. The van der Waals surface area contributed by atoms with Gasteiger partial charge < -0.3 is 23.7 Å². The van der Waals surface area contributed by atoms with Gasteiger partial charge in [-0.2, -0.15) is 0 Å². The monoisotopic (exact) mass is 586 g/mol. The second-order valence-corrected chi connectivity index (χ2v) is 11.8. The van der Waals surface area contributed by atoms with Gasteiger partial charge in [-0.05, 0) is 22.3 Å². The highest BCUT2D eigenvalue weighted by atomic mass is 32.2. The Bertz CT molecular complexity index is 1340. The Balaban J connectivity index is 1.41. The molecule has 220 valence electrons. The van der Waals surface area contributed by atoms with Crippen molar-refractivity contribution in [3.63, 3.8) is 0 Å². The first-order chi connectivity index (χ1) is 20.7. The first-order valence-corrected chi connectivity index (χ1v) is 15.9. The van der Waals surface area contributed by atoms with Crippen molar-refractivity contribution in [2.24, 2.45) is 0 Å². The minimum atomic E-state index is -1.36. The van der Waals surface area contributed by atoms with Crippen molar-refractivity contribution in [2.45, 2.75) is 56.3 Å². The molecule has 0 N–H and O–H groups in total. The molecule has 5 rings (SSSR count). The third kappa shape index (κ3) is 8.67. The number of hydrogen-bond acceptors (Lipinski definition) is 6. The van der Waals surface area contributed by atoms with Crippen LogP contribution in [-0.2, 0) is 60.9 Å². The van der Waals surface area contributed by atoms with E-state index in [9.17, 15) is 4.21 Å². The van der Waals surface area contributed by atoms with Crippen molar-refractivity contribution >= 4 is 10.8 Å². The lowest BCUT2D eigenvalue weighted by Gasteiger charge is -2.45. The largest absolute Gasteiger partial charge is 0.374 e. The maximum atomic E-state index is 13.1. The van der Waals surface area contributed by atoms with E-state index in [1.165, 1.54) is 0 Å². The number of ether oxygens (including phenoxy) is 5. The summed E-state index contributed by atoms with van der Waals surface area (Å²) in [5, 5.41) is 0. The molecular formula is C35H38O6S. The zero-order valence-electron chi connectivity index (χ0n) is 23.8. The van der Waals surface area contributed by atoms with E-state index >= 15 is 0 Å². The minimum absolute atomic E-state index is 0.249. The van der Waals surface area contributed by atoms with Gasteiger partial charge >= 0.3 is 0 Å². The fourth-order valence-electron chi connectivity index (χ4n) is 5.01. The van der Waals surface area contributed by atoms with Crippen LogP contribution in [0.4, 0.5) is 0 Å². The van der Waals surface area contributed by atoms with Crippen molar-refractivity contribution in [1.29, 1.82) is 0 Å². The SMILES string of the molecule is CS(=O)[C@@H]1O[C@H](COCc2ccccc2)[C@@H](OCc2ccccc2)[C@H](OCc2ccccc2)[C@H]1OCc1ccccc1. The molecule has 6 nitrogen and oxygen atoms in total. The van der Waals surface area contributed by atoms with Crippen molar-refractivity contribution in [1.82, 2.24) is 0 Å². The van der Waals surface area contributed by atoms with Crippen LogP contribution in [0.5, 0.6) is 0 Å². The molecule has 1 heterocycles. The molecule has 0 saturated carbocycles. The summed E-state index contributed by atoms with van der Waals surface area (Å²) in [6.07, 6.45) is -0.615. The third-order valence-electron chi connectivity index (χ3n) is 7.17. The van der Waals surface area contributed by atoms with E-state index in [0.29, 0.717) is 26.4 Å². The summed E-state index contributed by atoms with van der Waals surface area (Å²) < 4.78 is 45.5. The fourth-order valence-corrected chi connectivity index (χ4v) is 5.92. The maximum Gasteiger partial charge on any atom is 0.161 e. The zero-order chi connectivity index (χ0) is 29.0. The van der Waals surface area contributed by atoms with E-state index in [4.69, 9.17) is 23.7 Å². The quantitative estimate of drug-likeness (QED) is 0.179. The first-order valence-electron chi connectivity index (χ1n) is 14.2. The van der Waals surface area contributed by atoms with Crippen LogP contribution in [0.1, 0.15) is 22.3 Å². The molecule has 0 spiro atoms. The van der Waals surface area contributed by atoms with Crippen LogP contribution in [0, 0.1) is 0 Å². The van der Waals surface area contributed by atoms with Gasteiger partial charge in [0.25, 0.3) is 0 Å². The smallest absolute Gasteiger partial charge is 0.161 e. The Kier molecular flexibility index (Phi) is 11.5. The predicted octanol–water partition coefficient (Wildman–Crippen LogP) is 6.06. The summed E-state index contributed by atoms with van der Waals surface area (Å²) in [6, 6.07) is 39.9. The lowest BCUT2D eigenvalue weighted by Crippen LogP contribution is -2.62. The molecule has 0 radical (unpaired) electrons. The van der Waals surface area contributed by atoms with Gasteiger partial charge in [0, 0.05) is 6.26 Å². The predicted molar refractivity (Wildman–Crippen MR) is 164 cm³/mol. The molecule has 1 aliphatic heterocycles. The van der Waals surface area contributed by atoms with Crippen molar-refractivity contribution < 1.29 is 27.9 Å². The Morgan fingerprint density at radius 2 is 0.929 bits per heavy atom. The van der Waals surface area contributed by atoms with Crippen LogP contribution >= 0.6 is 0 Å². The molecule has 0 aromatic heterocycles. The molecule has 1 aliphatic rings. The number of benzene rings is 4. The molecule has 1 unspecified atom stereocenters. The highest BCUT2D eigenvalue weighted by Crippen LogP contribution is 2.32. The minimum Gasteiger partial charge on any atom is -0.374 e. The molecule has 1 saturated heterocycles. The van der Waals surface area contributed by atoms with Crippen LogP contribution < -0.4 is 0 Å². The Morgan fingerprint density at radius 1 is 0.548 bits per heavy atom. The van der Waals surface area contributed by atoms with E-state index in [0.717, 1.165) is 22.3 Å². The molecule has 1 fully saturated rings. The van der Waals surface area contributed by atoms with Crippen molar-refractivity contribution in [3.8, 4) is 0 Å². The van der Waals surface area contributed by atoms with E-state index < -0.39 is 40.7 Å². The average molecular weight is 587 g/mol. The molecule has 6 atom stereocenters. The normalized spacial score (nSPS) is 22.9. The summed E-state index contributed by atoms with van der Waals surface area (Å²) in [5.74, 6) is 0. The van der Waals surface area contributed by atoms with Gasteiger partial charge in [0.05, 0.1) is 43.8 Å². The van der Waals surface area contributed by atoms with E-state index in [1.807, 2.05) is 121 Å². The number of rotatable bonds is 14. The maximum absolute atomic E-state index is 13.1. The summed E-state index contributed by atoms with van der Waals surface area (Å²) in [4.78, 5) is 0. The average Bonchev–Trinajstić information content (AvgIpc) is 3.04. The van der Waals surface area contributed by atoms with Gasteiger partial charge in [-0.15, -0.1) is 0 Å². The fraction of sp³-hybridized carbons (Fsp3) is 0.314. The Labute approximate surface area is 251 Å². The molecule has 0 amide bonds. The Morgan fingerprint density at radius 3 is 1.36 bits per heavy atom. The van der Waals surface area contributed by atoms with Gasteiger partial charge in [-0.3, -0.25) is 4.21 Å². The third-order valence-corrected chi connectivity index (χ3v) is 8.20. The zero-order valence-corrected chi connectivity index (χ0v) is 24.6. The van der Waals surface area contributed by atoms with Crippen molar-refractivity contribution in [3.05, 3.63) is 144 Å². The van der Waals surface area contributed by atoms with E-state index in [-0.39, 0.29) is 6.61 Å². The van der Waals surface area contributed by atoms with E-state index in [1.54, 1.807) is 6.26 Å². The van der Waals surface area contributed by atoms with Crippen LogP contribution in [-0.4, -0.2) is 46.9 Å². The summed E-state index contributed by atoms with van der Waals surface area (Å²) in [5.41, 5.74) is 3.41. The molecule has 0 aliphatic carbocycles. The first kappa shape index (κ1) is 30.3. The van der Waals surface area contributed by atoms with E-state index in [2.05, 4.69) is 0 Å². The van der Waals surface area contributed by atoms with Gasteiger partial charge in [0.15, 0.2) is 5.44 Å². The number of hydrogen-bond donors (Lipinski definition) is 0. The van der Waals surface area contributed by atoms with Crippen LogP contribution in [0.2, 0.25) is 0 Å². The van der Waals surface area contributed by atoms with Gasteiger partial charge in [0.2, 0.25) is 0 Å². The highest BCUT2D eigenvalue weighted by molar-refractivity contribution is 7.84. The standard InChI is InChI=1S/C35H38O6S/c1-42(36)35-34(40-25-30-20-12-5-13-21-30)33(39-24-29-18-10-4-11-19-29)32(38-23-28-16-8-3-9-17-28)31(41-35)26-37-22-27-14-6-2-7-15-27/h2-21,31-35H,22-26H2,1H3/t31-,32-,33+,34-,35+,42?/m1/s1. The highest BCUT2D eigenvalue weighted by Gasteiger charge is 2.49. The molecular weight excluding hydrogens is 548 g/mol. The van der Waals surface area contributed by atoms with Crippen LogP contribution in [0.15, 0.2) is 121 Å². The topological polar surface area (TPSA) is 63.2 Å². The summed E-state index contributed by atoms with van der Waals surface area (Å²) >= 11 is 0. The molecule has 4 aromatic rings. The van der Waals surface area contributed by atoms with Crippen LogP contribution in [0.25, 0.3) is 0 Å². The molecule has 4 aromatic carbocycles. The summed E-state index contributed by atoms with van der Waals surface area (Å²) in [7, 11) is -1.36. The molecule has 0 bridgehead atoms. The summed E-state index contributed by atoms with van der Waals surface area (Å²) in [6.45, 7) is 1.71. The van der Waals surface area contributed by atoms with Crippen LogP contribution in [0.3, 0.4) is 0 Å². The van der Waals surface area contributed by atoms with Crippen molar-refractivity contribution in [2.75, 3.05) is 12.9 Å². The Hall–Kier alpha value is -3.17. The van der Waals surface area contributed by atoms with Gasteiger partial charge in [0.1, 0.15) is 24.4 Å². The van der Waals surface area contributed by atoms with Gasteiger partial charge in [-0.25, -0.2) is 0 Å².